The molecule has 0 bridgehead atoms. The van der Waals surface area contributed by atoms with Gasteiger partial charge in [0, 0.05) is 6.20 Å². The van der Waals surface area contributed by atoms with Gasteiger partial charge < -0.3 is 5.32 Å². The van der Waals surface area contributed by atoms with Crippen molar-refractivity contribution in [1.29, 1.82) is 0 Å². The lowest BCUT2D eigenvalue weighted by Crippen LogP contribution is -2.24. The first-order chi connectivity index (χ1) is 8.18. The summed E-state index contributed by atoms with van der Waals surface area (Å²) < 4.78 is 1.45. The number of pyridine rings is 1. The zero-order chi connectivity index (χ0) is 12.3. The Bertz CT molecular complexity index is 513. The van der Waals surface area contributed by atoms with Gasteiger partial charge in [0.2, 0.25) is 5.91 Å². The van der Waals surface area contributed by atoms with E-state index < -0.39 is 6.04 Å². The van der Waals surface area contributed by atoms with Crippen molar-refractivity contribution in [1.82, 2.24) is 19.7 Å². The molecule has 0 aromatic carbocycles. The summed E-state index contributed by atoms with van der Waals surface area (Å²) in [4.78, 5) is 19.6. The molecule has 2 heterocycles. The highest BCUT2D eigenvalue weighted by atomic mass is 35.5. The quantitative estimate of drug-likeness (QED) is 0.898. The van der Waals surface area contributed by atoms with Gasteiger partial charge in [-0.3, -0.25) is 4.79 Å². The molecule has 1 atom stereocenters. The topological polar surface area (TPSA) is 72.7 Å². The molecule has 0 radical (unpaired) electrons. The molecule has 1 N–H and O–H groups in total. The van der Waals surface area contributed by atoms with Gasteiger partial charge in [-0.2, -0.15) is 5.10 Å². The van der Waals surface area contributed by atoms with Crippen LogP contribution in [0.5, 0.6) is 0 Å². The van der Waals surface area contributed by atoms with Crippen molar-refractivity contribution in [3.05, 3.63) is 36.0 Å². The predicted octanol–water partition coefficient (Wildman–Crippen LogP) is 1.53. The maximum absolute atomic E-state index is 11.9. The van der Waals surface area contributed by atoms with Crippen LogP contribution >= 0.6 is 11.6 Å². The Labute approximate surface area is 103 Å². The first-order valence-electron chi connectivity index (χ1n) is 4.94. The van der Waals surface area contributed by atoms with Crippen molar-refractivity contribution >= 4 is 23.3 Å². The standard InChI is InChI=1S/C10H10ClN5O/c1-7(16-6-12-5-14-16)10(17)15-9-8(11)3-2-4-13-9/h2-7H,1H3,(H,13,15,17). The molecule has 88 valence electrons. The van der Waals surface area contributed by atoms with E-state index in [2.05, 4.69) is 20.4 Å². The summed E-state index contributed by atoms with van der Waals surface area (Å²) in [5.41, 5.74) is 0. The molecule has 2 aromatic rings. The third-order valence-corrected chi connectivity index (χ3v) is 2.52. The van der Waals surface area contributed by atoms with Gasteiger partial charge in [0.05, 0.1) is 5.02 Å². The largest absolute Gasteiger partial charge is 0.308 e. The van der Waals surface area contributed by atoms with Gasteiger partial charge in [-0.1, -0.05) is 11.6 Å². The maximum Gasteiger partial charge on any atom is 0.250 e. The number of amides is 1. The zero-order valence-corrected chi connectivity index (χ0v) is 9.80. The molecule has 2 aromatic heterocycles. The van der Waals surface area contributed by atoms with Crippen LogP contribution in [0.3, 0.4) is 0 Å². The monoisotopic (exact) mass is 251 g/mol. The lowest BCUT2D eigenvalue weighted by atomic mass is 10.3. The second-order valence-corrected chi connectivity index (χ2v) is 3.78. The number of carbonyl (C=O) groups is 1. The van der Waals surface area contributed by atoms with Gasteiger partial charge in [0.15, 0.2) is 5.82 Å². The Morgan fingerprint density at radius 2 is 2.41 bits per heavy atom. The SMILES string of the molecule is CC(C(=O)Nc1ncccc1Cl)n1cncn1. The van der Waals surface area contributed by atoms with E-state index in [0.717, 1.165) is 0 Å². The molecule has 1 amide bonds. The fraction of sp³-hybridized carbons (Fsp3) is 0.200. The summed E-state index contributed by atoms with van der Waals surface area (Å²) in [6.45, 7) is 1.71. The zero-order valence-electron chi connectivity index (χ0n) is 9.04. The summed E-state index contributed by atoms with van der Waals surface area (Å²) in [5.74, 6) is 0.0854. The first-order valence-corrected chi connectivity index (χ1v) is 5.32. The average molecular weight is 252 g/mol. The molecule has 0 aliphatic rings. The number of nitrogens with one attached hydrogen (secondary N) is 1. The lowest BCUT2D eigenvalue weighted by Gasteiger charge is -2.11. The Morgan fingerprint density at radius 3 is 3.06 bits per heavy atom. The normalized spacial score (nSPS) is 12.1. The van der Waals surface area contributed by atoms with Crippen molar-refractivity contribution < 1.29 is 4.79 Å². The maximum atomic E-state index is 11.9. The molecular weight excluding hydrogens is 242 g/mol. The molecule has 0 fully saturated rings. The van der Waals surface area contributed by atoms with Crippen LogP contribution in [0.25, 0.3) is 0 Å². The Kier molecular flexibility index (Phi) is 3.34. The van der Waals surface area contributed by atoms with Gasteiger partial charge in [-0.15, -0.1) is 0 Å². The number of carbonyl (C=O) groups excluding carboxylic acids is 1. The highest BCUT2D eigenvalue weighted by Gasteiger charge is 2.16. The van der Waals surface area contributed by atoms with E-state index in [1.54, 1.807) is 25.3 Å². The van der Waals surface area contributed by atoms with E-state index in [4.69, 9.17) is 11.6 Å². The number of aromatic nitrogens is 4. The minimum Gasteiger partial charge on any atom is -0.308 e. The predicted molar refractivity (Wildman–Crippen MR) is 62.6 cm³/mol. The second-order valence-electron chi connectivity index (χ2n) is 3.37. The third-order valence-electron chi connectivity index (χ3n) is 2.21. The lowest BCUT2D eigenvalue weighted by molar-refractivity contribution is -0.119. The van der Waals surface area contributed by atoms with E-state index >= 15 is 0 Å². The number of anilines is 1. The second kappa shape index (κ2) is 4.92. The Morgan fingerprint density at radius 1 is 1.59 bits per heavy atom. The molecule has 1 unspecified atom stereocenters. The molecule has 2 rings (SSSR count). The van der Waals surface area contributed by atoms with Gasteiger partial charge in [0.25, 0.3) is 0 Å². The third kappa shape index (κ3) is 2.59. The van der Waals surface area contributed by atoms with Crippen LogP contribution in [0.1, 0.15) is 13.0 Å². The van der Waals surface area contributed by atoms with E-state index in [9.17, 15) is 4.79 Å². The van der Waals surface area contributed by atoms with Crippen LogP contribution < -0.4 is 5.32 Å². The Balaban J connectivity index is 2.10. The van der Waals surface area contributed by atoms with Crippen LogP contribution in [-0.2, 0) is 4.79 Å². The van der Waals surface area contributed by atoms with Crippen LogP contribution in [-0.4, -0.2) is 25.7 Å². The van der Waals surface area contributed by atoms with Crippen molar-refractivity contribution in [2.24, 2.45) is 0 Å². The van der Waals surface area contributed by atoms with Crippen LogP contribution in [0, 0.1) is 0 Å². The minimum atomic E-state index is -0.476. The fourth-order valence-electron chi connectivity index (χ4n) is 1.24. The van der Waals surface area contributed by atoms with Gasteiger partial charge in [-0.25, -0.2) is 14.6 Å². The van der Waals surface area contributed by atoms with Crippen LogP contribution in [0.2, 0.25) is 5.02 Å². The summed E-state index contributed by atoms with van der Waals surface area (Å²) in [6.07, 6.45) is 4.41. The molecular formula is C10H10ClN5O. The molecule has 7 heteroatoms. The molecule has 6 nitrogen and oxygen atoms in total. The first kappa shape index (κ1) is 11.5. The molecule has 0 spiro atoms. The number of hydrogen-bond donors (Lipinski definition) is 1. The fourth-order valence-corrected chi connectivity index (χ4v) is 1.41. The average Bonchev–Trinajstić information content (AvgIpc) is 2.84. The molecule has 0 aliphatic heterocycles. The Hall–Kier alpha value is -1.95. The van der Waals surface area contributed by atoms with Crippen LogP contribution in [0.4, 0.5) is 5.82 Å². The summed E-state index contributed by atoms with van der Waals surface area (Å²) in [7, 11) is 0. The van der Waals surface area contributed by atoms with E-state index in [1.165, 1.54) is 17.3 Å². The van der Waals surface area contributed by atoms with Crippen molar-refractivity contribution in [2.45, 2.75) is 13.0 Å². The summed E-state index contributed by atoms with van der Waals surface area (Å²) in [6, 6.07) is 2.87. The number of halogens is 1. The highest BCUT2D eigenvalue weighted by Crippen LogP contribution is 2.18. The van der Waals surface area contributed by atoms with Crippen LogP contribution in [0.15, 0.2) is 31.0 Å². The highest BCUT2D eigenvalue weighted by molar-refractivity contribution is 6.33. The van der Waals surface area contributed by atoms with E-state index in [1.807, 2.05) is 0 Å². The van der Waals surface area contributed by atoms with Crippen molar-refractivity contribution in [2.75, 3.05) is 5.32 Å². The molecule has 0 aliphatic carbocycles. The summed E-state index contributed by atoms with van der Waals surface area (Å²) >= 11 is 5.89. The van der Waals surface area contributed by atoms with Gasteiger partial charge in [0.1, 0.15) is 18.7 Å². The number of nitrogens with zero attached hydrogens (tertiary/aromatic N) is 4. The molecule has 0 saturated heterocycles. The van der Waals surface area contributed by atoms with Crippen molar-refractivity contribution in [3.63, 3.8) is 0 Å². The van der Waals surface area contributed by atoms with E-state index in [0.29, 0.717) is 10.8 Å². The molecule has 0 saturated carbocycles. The van der Waals surface area contributed by atoms with Crippen molar-refractivity contribution in [3.8, 4) is 0 Å². The van der Waals surface area contributed by atoms with Gasteiger partial charge in [-0.05, 0) is 19.1 Å². The number of rotatable bonds is 3. The minimum absolute atomic E-state index is 0.254. The molecule has 17 heavy (non-hydrogen) atoms. The summed E-state index contributed by atoms with van der Waals surface area (Å²) in [5, 5.41) is 6.92. The number of hydrogen-bond acceptors (Lipinski definition) is 4. The smallest absolute Gasteiger partial charge is 0.250 e. The van der Waals surface area contributed by atoms with E-state index in [-0.39, 0.29) is 5.91 Å². The van der Waals surface area contributed by atoms with Gasteiger partial charge >= 0.3 is 0 Å².